The van der Waals surface area contributed by atoms with Gasteiger partial charge in [0.15, 0.2) is 0 Å². The molecule has 0 nitrogen and oxygen atoms in total. The lowest BCUT2D eigenvalue weighted by atomic mass is 9.95. The second-order valence-corrected chi connectivity index (χ2v) is 6.72. The smallest absolute Gasteiger partial charge is 0.0629 e. The van der Waals surface area contributed by atoms with E-state index in [4.69, 9.17) is 21.2 Å². The summed E-state index contributed by atoms with van der Waals surface area (Å²) >= 11 is 6.13. The van der Waals surface area contributed by atoms with Gasteiger partial charge in [-0.15, -0.1) is 0 Å². The van der Waals surface area contributed by atoms with Crippen molar-refractivity contribution in [3.63, 3.8) is 0 Å². The summed E-state index contributed by atoms with van der Waals surface area (Å²) in [7, 11) is 0. The van der Waals surface area contributed by atoms with E-state index in [1.807, 2.05) is 54.6 Å². The van der Waals surface area contributed by atoms with Crippen LogP contribution in [0, 0.1) is 0 Å². The number of fused-ring (bicyclic) bond motifs is 2. The van der Waals surface area contributed by atoms with Crippen molar-refractivity contribution in [2.45, 2.75) is 0 Å². The molecule has 0 heterocycles. The van der Waals surface area contributed by atoms with Crippen LogP contribution in [0.1, 0.15) is 9.60 Å². The van der Waals surface area contributed by atoms with Gasteiger partial charge >= 0.3 is 0 Å². The van der Waals surface area contributed by atoms with E-state index in [2.05, 4.69) is 0 Å². The molecule has 0 unspecified atom stereocenters. The van der Waals surface area contributed by atoms with Gasteiger partial charge < -0.3 is 0 Å². The minimum Gasteiger partial charge on any atom is -0.0843 e. The van der Waals surface area contributed by atoms with Crippen molar-refractivity contribution in [3.05, 3.63) is 108 Å². The van der Waals surface area contributed by atoms with Crippen molar-refractivity contribution in [2.24, 2.45) is 0 Å². The van der Waals surface area contributed by atoms with E-state index in [0.29, 0.717) is 10.6 Å². The van der Waals surface area contributed by atoms with Crippen LogP contribution in [0.3, 0.4) is 0 Å². The van der Waals surface area contributed by atoms with E-state index < -0.39 is 12.1 Å². The molecular weight excluding hydrogens is 348 g/mol. The summed E-state index contributed by atoms with van der Waals surface area (Å²) in [6.45, 7) is 0. The third-order valence-electron chi connectivity index (χ3n) is 4.60. The Morgan fingerprint density at radius 2 is 1.30 bits per heavy atom. The van der Waals surface area contributed by atoms with Crippen molar-refractivity contribution >= 4 is 33.1 Å². The Kier molecular flexibility index (Phi) is 2.51. The Labute approximate surface area is 173 Å². The molecule has 5 aromatic carbocycles. The molecule has 0 N–H and O–H groups in total. The first-order valence-corrected chi connectivity index (χ1v) is 8.86. The summed E-state index contributed by atoms with van der Waals surface area (Å²) < 4.78 is 57.9. The van der Waals surface area contributed by atoms with Crippen molar-refractivity contribution in [3.8, 4) is 22.3 Å². The van der Waals surface area contributed by atoms with Gasteiger partial charge in [0, 0.05) is 5.02 Å². The normalized spacial score (nSPS) is 14.8. The number of hydrogen-bond donors (Lipinski definition) is 0. The molecular formula is C26H17Cl. The summed E-state index contributed by atoms with van der Waals surface area (Å²) in [4.78, 5) is 0. The van der Waals surface area contributed by atoms with Gasteiger partial charge in [-0.2, -0.15) is 0 Å². The van der Waals surface area contributed by atoms with Gasteiger partial charge in [-0.05, 0) is 68.1 Å². The van der Waals surface area contributed by atoms with Crippen LogP contribution in [0.25, 0.3) is 43.8 Å². The van der Waals surface area contributed by atoms with Crippen molar-refractivity contribution in [1.29, 1.82) is 0 Å². The van der Waals surface area contributed by atoms with Crippen LogP contribution in [0.4, 0.5) is 0 Å². The van der Waals surface area contributed by atoms with Gasteiger partial charge in [0.2, 0.25) is 0 Å². The second-order valence-electron chi connectivity index (χ2n) is 6.29. The Hall–Kier alpha value is -3.09. The van der Waals surface area contributed by atoms with Crippen LogP contribution in [-0.4, -0.2) is 0 Å². The third-order valence-corrected chi connectivity index (χ3v) is 4.83. The molecule has 0 atom stereocenters. The zero-order chi connectivity index (χ0) is 24.3. The summed E-state index contributed by atoms with van der Waals surface area (Å²) in [5.74, 6) is 0. The van der Waals surface area contributed by atoms with Crippen LogP contribution in [0.2, 0.25) is 5.02 Å². The molecule has 5 rings (SSSR count). The molecule has 0 saturated heterocycles. The number of rotatable bonds is 2. The molecule has 27 heavy (non-hydrogen) atoms. The number of benzene rings is 5. The maximum Gasteiger partial charge on any atom is 0.0629 e. The van der Waals surface area contributed by atoms with Crippen LogP contribution < -0.4 is 0 Å². The van der Waals surface area contributed by atoms with Gasteiger partial charge in [-0.25, -0.2) is 0 Å². The highest BCUT2D eigenvalue weighted by Crippen LogP contribution is 2.32. The summed E-state index contributed by atoms with van der Waals surface area (Å²) in [6, 6.07) is 16.5. The molecule has 5 aromatic rings. The molecule has 0 bridgehead atoms. The van der Waals surface area contributed by atoms with Crippen molar-refractivity contribution in [2.75, 3.05) is 0 Å². The average molecular weight is 372 g/mol. The van der Waals surface area contributed by atoms with Gasteiger partial charge in [0.25, 0.3) is 0 Å². The highest BCUT2D eigenvalue weighted by atomic mass is 35.5. The van der Waals surface area contributed by atoms with Crippen LogP contribution >= 0.6 is 11.6 Å². The quantitative estimate of drug-likeness (QED) is 0.295. The molecule has 0 aliphatic rings. The highest BCUT2D eigenvalue weighted by molar-refractivity contribution is 6.30. The average Bonchev–Trinajstić information content (AvgIpc) is 2.84. The molecule has 0 aliphatic carbocycles. The van der Waals surface area contributed by atoms with E-state index >= 15 is 0 Å². The number of halogens is 1. The summed E-state index contributed by atoms with van der Waals surface area (Å²) in [6.07, 6.45) is 0. The number of hydrogen-bond acceptors (Lipinski definition) is 0. The largest absolute Gasteiger partial charge is 0.0843 e. The third kappa shape index (κ3) is 2.99. The Balaban J connectivity index is 1.77. The van der Waals surface area contributed by atoms with Gasteiger partial charge in [0.05, 0.1) is 9.60 Å². The zero-order valence-electron chi connectivity index (χ0n) is 21.2. The van der Waals surface area contributed by atoms with E-state index in [1.165, 1.54) is 0 Å². The van der Waals surface area contributed by atoms with Gasteiger partial charge in [-0.1, -0.05) is 90.3 Å². The molecule has 0 saturated carbocycles. The summed E-state index contributed by atoms with van der Waals surface area (Å²) in [5, 5.41) is 2.52. The van der Waals surface area contributed by atoms with Crippen molar-refractivity contribution < 1.29 is 9.60 Å². The molecule has 0 spiro atoms. The fourth-order valence-electron chi connectivity index (χ4n) is 3.28. The van der Waals surface area contributed by atoms with Crippen molar-refractivity contribution in [1.82, 2.24) is 0 Å². The Morgan fingerprint density at radius 3 is 2.15 bits per heavy atom. The molecule has 1 heteroatoms. The SMILES string of the molecule is [2H]c1c([2H])c([2H])c2c(-c3ccc4cc(-c5cccc(Cl)c5)ccc4c3)c([2H])c([2H])c([2H])c2c1[2H]. The molecule has 0 fully saturated rings. The molecule has 0 aliphatic heterocycles. The maximum atomic E-state index is 8.55. The van der Waals surface area contributed by atoms with Crippen LogP contribution in [0.5, 0.6) is 0 Å². The predicted molar refractivity (Wildman–Crippen MR) is 117 cm³/mol. The van der Waals surface area contributed by atoms with E-state index in [9.17, 15) is 0 Å². The van der Waals surface area contributed by atoms with Gasteiger partial charge in [-0.3, -0.25) is 0 Å². The fraction of sp³-hybridized carbons (Fsp3) is 0. The Morgan fingerprint density at radius 1 is 0.593 bits per heavy atom. The zero-order valence-corrected chi connectivity index (χ0v) is 14.9. The second kappa shape index (κ2) is 6.57. The van der Waals surface area contributed by atoms with Crippen LogP contribution in [-0.2, 0) is 0 Å². The lowest BCUT2D eigenvalue weighted by Crippen LogP contribution is -1.83. The molecule has 128 valence electrons. The first-order valence-electron chi connectivity index (χ1n) is 12.0. The predicted octanol–water partition coefficient (Wildman–Crippen LogP) is 7.98. The lowest BCUT2D eigenvalue weighted by molar-refractivity contribution is 1.64. The minimum atomic E-state index is -0.457. The monoisotopic (exact) mass is 371 g/mol. The lowest BCUT2D eigenvalue weighted by Gasteiger charge is -2.09. The molecule has 0 amide bonds. The summed E-state index contributed by atoms with van der Waals surface area (Å²) in [5.41, 5.74) is 2.76. The first kappa shape index (κ1) is 10.3. The highest BCUT2D eigenvalue weighted by Gasteiger charge is 2.06. The first-order chi connectivity index (χ1) is 16.2. The minimum absolute atomic E-state index is 0.0431. The molecule has 0 aromatic heterocycles. The Bertz CT molecular complexity index is 1640. The topological polar surface area (TPSA) is 0 Å². The standard InChI is InChI=1S/C26H17Cl/c27-24-8-3-7-19(17-24)20-11-12-22-16-23(14-13-21(22)15-20)26-10-4-6-18-5-1-2-9-25(18)26/h1-17H/i1D,2D,4D,5D,6D,9D,10D. The van der Waals surface area contributed by atoms with E-state index in [1.54, 1.807) is 6.07 Å². The van der Waals surface area contributed by atoms with Crippen LogP contribution in [0.15, 0.2) is 103 Å². The maximum absolute atomic E-state index is 8.55. The fourth-order valence-corrected chi connectivity index (χ4v) is 3.47. The molecule has 0 radical (unpaired) electrons. The van der Waals surface area contributed by atoms with Gasteiger partial charge in [0.1, 0.15) is 0 Å². The van der Waals surface area contributed by atoms with E-state index in [0.717, 1.165) is 21.9 Å². The van der Waals surface area contributed by atoms with E-state index in [-0.39, 0.29) is 46.5 Å².